The van der Waals surface area contributed by atoms with Gasteiger partial charge in [0.05, 0.1) is 10.6 Å². The maximum atomic E-state index is 12.8. The van der Waals surface area contributed by atoms with E-state index in [1.807, 2.05) is 19.2 Å². The normalized spacial score (nSPS) is 16.8. The van der Waals surface area contributed by atoms with E-state index < -0.39 is 10.0 Å². The van der Waals surface area contributed by atoms with Gasteiger partial charge in [-0.2, -0.15) is 0 Å². The van der Waals surface area contributed by atoms with Crippen LogP contribution in [0.2, 0.25) is 0 Å². The number of sulfonamides is 1. The highest BCUT2D eigenvalue weighted by Crippen LogP contribution is 2.46. The number of oxazole rings is 1. The number of thioether (sulfide) groups is 1. The van der Waals surface area contributed by atoms with Crippen molar-refractivity contribution >= 4 is 44.4 Å². The van der Waals surface area contributed by atoms with Crippen LogP contribution < -0.4 is 4.90 Å². The second-order valence-corrected chi connectivity index (χ2v) is 11.5. The zero-order valence-electron chi connectivity index (χ0n) is 18.6. The number of rotatable bonds is 6. The Bertz CT molecular complexity index is 1340. The molecule has 2 aromatic carbocycles. The fourth-order valence-corrected chi connectivity index (χ4v) is 5.49. The number of carbonyl (C=O) groups is 1. The largest absolute Gasteiger partial charge is 0.431 e. The first-order valence-electron chi connectivity index (χ1n) is 10.1. The molecule has 0 N–H and O–H groups in total. The third kappa shape index (κ3) is 3.85. The van der Waals surface area contributed by atoms with Gasteiger partial charge >= 0.3 is 0 Å². The molecule has 0 aliphatic carbocycles. The molecule has 0 saturated carbocycles. The molecule has 0 spiro atoms. The van der Waals surface area contributed by atoms with Gasteiger partial charge in [-0.15, -0.1) is 0 Å². The summed E-state index contributed by atoms with van der Waals surface area (Å²) in [6.45, 7) is 4.23. The summed E-state index contributed by atoms with van der Waals surface area (Å²) < 4.78 is 31.5. The maximum absolute atomic E-state index is 12.8. The average Bonchev–Trinajstić information content (AvgIpc) is 3.24. The molecule has 0 saturated heterocycles. The SMILES string of the molecule is CN1/C(=C/C(=O)CSc2nc3cc(S(=O)(=O)N(C)C)ccc3o2)C(C)(C)c2ccccc21. The van der Waals surface area contributed by atoms with Gasteiger partial charge in [0.2, 0.25) is 10.0 Å². The van der Waals surface area contributed by atoms with E-state index in [1.165, 1.54) is 43.6 Å². The fraction of sp³-hybridized carbons (Fsp3) is 0.304. The molecule has 32 heavy (non-hydrogen) atoms. The summed E-state index contributed by atoms with van der Waals surface area (Å²) in [6.07, 6.45) is 1.69. The highest BCUT2D eigenvalue weighted by molar-refractivity contribution is 7.99. The van der Waals surface area contributed by atoms with Crippen LogP contribution in [0.25, 0.3) is 11.1 Å². The molecule has 4 rings (SSSR count). The van der Waals surface area contributed by atoms with Crippen molar-refractivity contribution in [3.05, 3.63) is 59.8 Å². The molecule has 2 heterocycles. The van der Waals surface area contributed by atoms with E-state index in [0.717, 1.165) is 15.7 Å². The van der Waals surface area contributed by atoms with Crippen LogP contribution in [-0.2, 0) is 20.2 Å². The van der Waals surface area contributed by atoms with E-state index in [1.54, 1.807) is 12.1 Å². The number of nitrogens with zero attached hydrogens (tertiary/aromatic N) is 3. The van der Waals surface area contributed by atoms with Crippen molar-refractivity contribution in [2.75, 3.05) is 31.8 Å². The van der Waals surface area contributed by atoms with Gasteiger partial charge in [-0.1, -0.05) is 43.8 Å². The van der Waals surface area contributed by atoms with Crippen molar-refractivity contribution in [1.82, 2.24) is 9.29 Å². The van der Waals surface area contributed by atoms with Crippen LogP contribution in [0.4, 0.5) is 5.69 Å². The molecule has 0 unspecified atom stereocenters. The van der Waals surface area contributed by atoms with Gasteiger partial charge in [-0.3, -0.25) is 4.79 Å². The zero-order chi connectivity index (χ0) is 23.3. The summed E-state index contributed by atoms with van der Waals surface area (Å²) in [5.74, 6) is 0.121. The van der Waals surface area contributed by atoms with Crippen LogP contribution in [-0.4, -0.2) is 50.4 Å². The number of fused-ring (bicyclic) bond motifs is 2. The summed E-state index contributed by atoms with van der Waals surface area (Å²) in [4.78, 5) is 19.3. The Morgan fingerprint density at radius 1 is 1.22 bits per heavy atom. The lowest BCUT2D eigenvalue weighted by Crippen LogP contribution is -2.24. The highest BCUT2D eigenvalue weighted by Gasteiger charge is 2.38. The number of carbonyl (C=O) groups excluding carboxylic acids is 1. The Morgan fingerprint density at radius 3 is 2.62 bits per heavy atom. The van der Waals surface area contributed by atoms with Gasteiger partial charge in [-0.25, -0.2) is 17.7 Å². The second-order valence-electron chi connectivity index (χ2n) is 8.38. The van der Waals surface area contributed by atoms with Crippen molar-refractivity contribution in [1.29, 1.82) is 0 Å². The first kappa shape index (κ1) is 22.6. The standard InChI is InChI=1S/C23H25N3O4S2/c1-23(2)17-8-6-7-9-19(17)26(5)21(23)12-15(27)14-31-22-24-18-13-16(10-11-20(18)30-22)32(28,29)25(3)4/h6-13H,14H2,1-5H3/b21-12+. The molecular formula is C23H25N3O4S2. The third-order valence-corrected chi connectivity index (χ3v) is 8.36. The van der Waals surface area contributed by atoms with E-state index in [2.05, 4.69) is 35.9 Å². The minimum absolute atomic E-state index is 0.0455. The van der Waals surface area contributed by atoms with Gasteiger partial charge < -0.3 is 9.32 Å². The Kier molecular flexibility index (Phi) is 5.68. The van der Waals surface area contributed by atoms with Crippen LogP contribution in [0, 0.1) is 0 Å². The number of anilines is 1. The number of allylic oxidation sites excluding steroid dienone is 2. The molecule has 1 aromatic heterocycles. The highest BCUT2D eigenvalue weighted by atomic mass is 32.2. The average molecular weight is 472 g/mol. The number of hydrogen-bond donors (Lipinski definition) is 0. The van der Waals surface area contributed by atoms with Crippen molar-refractivity contribution in [3.8, 4) is 0 Å². The molecule has 1 aliphatic heterocycles. The van der Waals surface area contributed by atoms with Crippen molar-refractivity contribution in [2.24, 2.45) is 0 Å². The lowest BCUT2D eigenvalue weighted by Gasteiger charge is -2.23. The number of benzene rings is 2. The number of aromatic nitrogens is 1. The van der Waals surface area contributed by atoms with Gasteiger partial charge in [0.25, 0.3) is 5.22 Å². The first-order chi connectivity index (χ1) is 15.0. The van der Waals surface area contributed by atoms with E-state index in [4.69, 9.17) is 4.42 Å². The number of likely N-dealkylation sites (N-methyl/N-ethyl adjacent to an activating group) is 1. The topological polar surface area (TPSA) is 83.7 Å². The van der Waals surface area contributed by atoms with Crippen molar-refractivity contribution in [2.45, 2.75) is 29.4 Å². The van der Waals surface area contributed by atoms with Crippen molar-refractivity contribution in [3.63, 3.8) is 0 Å². The predicted octanol–water partition coefficient (Wildman–Crippen LogP) is 4.05. The number of ketones is 1. The Hall–Kier alpha value is -2.62. The third-order valence-electron chi connectivity index (χ3n) is 5.69. The fourth-order valence-electron chi connectivity index (χ4n) is 3.91. The van der Waals surface area contributed by atoms with Gasteiger partial charge in [0.1, 0.15) is 5.52 Å². The second kappa shape index (κ2) is 8.06. The lowest BCUT2D eigenvalue weighted by molar-refractivity contribution is -0.112. The predicted molar refractivity (Wildman–Crippen MR) is 127 cm³/mol. The smallest absolute Gasteiger partial charge is 0.257 e. The van der Waals surface area contributed by atoms with Crippen LogP contribution in [0.3, 0.4) is 0 Å². The summed E-state index contributed by atoms with van der Waals surface area (Å²) in [7, 11) is 1.37. The monoisotopic (exact) mass is 471 g/mol. The Balaban J connectivity index is 1.51. The molecule has 0 bridgehead atoms. The first-order valence-corrected chi connectivity index (χ1v) is 12.5. The van der Waals surface area contributed by atoms with E-state index >= 15 is 0 Å². The zero-order valence-corrected chi connectivity index (χ0v) is 20.3. The Labute approximate surface area is 192 Å². The molecule has 3 aromatic rings. The minimum atomic E-state index is -3.56. The van der Waals surface area contributed by atoms with E-state index in [0.29, 0.717) is 16.3 Å². The van der Waals surface area contributed by atoms with Crippen molar-refractivity contribution < 1.29 is 17.6 Å². The van der Waals surface area contributed by atoms with Gasteiger partial charge in [0.15, 0.2) is 11.4 Å². The molecule has 7 nitrogen and oxygen atoms in total. The van der Waals surface area contributed by atoms with Gasteiger partial charge in [0, 0.05) is 44.0 Å². The number of para-hydroxylation sites is 1. The summed E-state index contributed by atoms with van der Waals surface area (Å²) >= 11 is 1.19. The molecule has 1 aliphatic rings. The minimum Gasteiger partial charge on any atom is -0.431 e. The molecular weight excluding hydrogens is 446 g/mol. The molecule has 0 radical (unpaired) electrons. The van der Waals surface area contributed by atoms with Crippen LogP contribution in [0.5, 0.6) is 0 Å². The molecule has 9 heteroatoms. The summed E-state index contributed by atoms with van der Waals surface area (Å²) in [5, 5.41) is 0.327. The quantitative estimate of drug-likeness (QED) is 0.396. The Morgan fingerprint density at radius 2 is 1.94 bits per heavy atom. The van der Waals surface area contributed by atoms with Gasteiger partial charge in [-0.05, 0) is 29.8 Å². The number of hydrogen-bond acceptors (Lipinski definition) is 7. The van der Waals surface area contributed by atoms with E-state index in [-0.39, 0.29) is 21.8 Å². The molecule has 0 atom stereocenters. The maximum Gasteiger partial charge on any atom is 0.257 e. The van der Waals surface area contributed by atoms with E-state index in [9.17, 15) is 13.2 Å². The van der Waals surface area contributed by atoms with Crippen LogP contribution in [0.1, 0.15) is 19.4 Å². The summed E-state index contributed by atoms with van der Waals surface area (Å²) in [5.41, 5.74) is 3.89. The summed E-state index contributed by atoms with van der Waals surface area (Å²) in [6, 6.07) is 12.7. The lowest BCUT2D eigenvalue weighted by atomic mass is 9.83. The van der Waals surface area contributed by atoms with Crippen LogP contribution >= 0.6 is 11.8 Å². The molecule has 168 valence electrons. The molecule has 0 fully saturated rings. The van der Waals surface area contributed by atoms with Crippen LogP contribution in [0.15, 0.2) is 68.8 Å². The molecule has 0 amide bonds.